The van der Waals surface area contributed by atoms with Crippen LogP contribution in [0.3, 0.4) is 0 Å². The van der Waals surface area contributed by atoms with Crippen molar-refractivity contribution in [2.24, 2.45) is 13.0 Å². The van der Waals surface area contributed by atoms with Gasteiger partial charge in [0.15, 0.2) is 5.78 Å². The summed E-state index contributed by atoms with van der Waals surface area (Å²) in [5, 5.41) is 10.7. The van der Waals surface area contributed by atoms with Gasteiger partial charge in [0.1, 0.15) is 0 Å². The summed E-state index contributed by atoms with van der Waals surface area (Å²) in [4.78, 5) is 28.4. The van der Waals surface area contributed by atoms with Crippen molar-refractivity contribution in [2.45, 2.75) is 58.3 Å². The highest BCUT2D eigenvalue weighted by atomic mass is 35.5. The number of nitrogens with zero attached hydrogens (tertiary/aromatic N) is 2. The molecule has 6 heteroatoms. The van der Waals surface area contributed by atoms with E-state index in [1.54, 1.807) is 12.4 Å². The summed E-state index contributed by atoms with van der Waals surface area (Å²) in [5.74, 6) is -1.07. The van der Waals surface area contributed by atoms with Crippen LogP contribution in [-0.4, -0.2) is 26.4 Å². The Morgan fingerprint density at radius 2 is 1.84 bits per heavy atom. The first-order chi connectivity index (χ1) is 15.4. The summed E-state index contributed by atoms with van der Waals surface area (Å²) >= 11 is 6.06. The van der Waals surface area contributed by atoms with Crippen molar-refractivity contribution >= 4 is 34.3 Å². The zero-order valence-electron chi connectivity index (χ0n) is 18.8. The SMILES string of the molecule is CC(CC(=O)O)CC(=O)c1c(CCCCCCc2cccc(Cl)c2)n(C)c2ccncc12. The number of benzene rings is 1. The molecular formula is C26H31ClN2O3. The molecule has 0 amide bonds. The van der Waals surface area contributed by atoms with Gasteiger partial charge in [0.05, 0.1) is 5.52 Å². The second-order valence-electron chi connectivity index (χ2n) is 8.65. The number of aryl methyl sites for hydroxylation is 2. The lowest BCUT2D eigenvalue weighted by atomic mass is 9.94. The van der Waals surface area contributed by atoms with Gasteiger partial charge in [0, 0.05) is 53.9 Å². The number of pyridine rings is 1. The molecular weight excluding hydrogens is 424 g/mol. The van der Waals surface area contributed by atoms with Gasteiger partial charge in [-0.15, -0.1) is 0 Å². The second-order valence-corrected chi connectivity index (χ2v) is 9.08. The van der Waals surface area contributed by atoms with E-state index in [4.69, 9.17) is 16.7 Å². The van der Waals surface area contributed by atoms with Gasteiger partial charge in [-0.3, -0.25) is 14.6 Å². The van der Waals surface area contributed by atoms with Crippen LogP contribution in [0.15, 0.2) is 42.7 Å². The van der Waals surface area contributed by atoms with E-state index in [0.29, 0.717) is 5.56 Å². The molecule has 0 fully saturated rings. The quantitative estimate of drug-likeness (QED) is 0.259. The fraction of sp³-hybridized carbons (Fsp3) is 0.423. The predicted octanol–water partition coefficient (Wildman–Crippen LogP) is 6.26. The maximum Gasteiger partial charge on any atom is 0.303 e. The number of hydrogen-bond acceptors (Lipinski definition) is 3. The van der Waals surface area contributed by atoms with Gasteiger partial charge in [0.2, 0.25) is 0 Å². The summed E-state index contributed by atoms with van der Waals surface area (Å²) in [6.45, 7) is 1.81. The van der Waals surface area contributed by atoms with Crippen molar-refractivity contribution in [3.8, 4) is 0 Å². The highest BCUT2D eigenvalue weighted by Gasteiger charge is 2.23. The molecule has 0 radical (unpaired) electrons. The third-order valence-electron chi connectivity index (χ3n) is 5.98. The minimum Gasteiger partial charge on any atom is -0.481 e. The number of carboxylic acid groups (broad SMARTS) is 1. The van der Waals surface area contributed by atoms with Crippen LogP contribution >= 0.6 is 11.6 Å². The van der Waals surface area contributed by atoms with Gasteiger partial charge < -0.3 is 9.67 Å². The first-order valence-electron chi connectivity index (χ1n) is 11.3. The van der Waals surface area contributed by atoms with E-state index in [0.717, 1.165) is 60.1 Å². The Hall–Kier alpha value is -2.66. The number of carboxylic acids is 1. The van der Waals surface area contributed by atoms with Crippen LogP contribution in [0.25, 0.3) is 10.9 Å². The Labute approximate surface area is 194 Å². The lowest BCUT2D eigenvalue weighted by molar-refractivity contribution is -0.137. The van der Waals surface area contributed by atoms with Gasteiger partial charge in [-0.2, -0.15) is 0 Å². The number of halogens is 1. The highest BCUT2D eigenvalue weighted by molar-refractivity contribution is 6.30. The average molecular weight is 455 g/mol. The number of ketones is 1. The monoisotopic (exact) mass is 454 g/mol. The van der Waals surface area contributed by atoms with Crippen LogP contribution in [0.2, 0.25) is 5.02 Å². The minimum atomic E-state index is -0.872. The number of carbonyl (C=O) groups excluding carboxylic acids is 1. The summed E-state index contributed by atoms with van der Waals surface area (Å²) < 4.78 is 2.10. The molecule has 0 spiro atoms. The summed E-state index contributed by atoms with van der Waals surface area (Å²) in [6, 6.07) is 9.95. The molecule has 3 rings (SSSR count). The Kier molecular flexibility index (Phi) is 8.46. The molecule has 1 N–H and O–H groups in total. The molecule has 0 aliphatic heterocycles. The number of Topliss-reactive ketones (excluding diaryl/α,β-unsaturated/α-hetero) is 1. The highest BCUT2D eigenvalue weighted by Crippen LogP contribution is 2.29. The number of hydrogen-bond donors (Lipinski definition) is 1. The largest absolute Gasteiger partial charge is 0.481 e. The van der Waals surface area contributed by atoms with Gasteiger partial charge in [-0.05, 0) is 55.4 Å². The van der Waals surface area contributed by atoms with Crippen LogP contribution in [0.4, 0.5) is 0 Å². The number of aromatic nitrogens is 2. The standard InChI is InChI=1S/C26H31ClN2O3/c1-18(15-25(31)32)14-24(30)26-21-17-28-13-12-22(21)29(2)23(26)11-6-4-3-5-8-19-9-7-10-20(27)16-19/h7,9-10,12-13,16-18H,3-6,8,11,14-15H2,1-2H3,(H,31,32). The van der Waals surface area contributed by atoms with E-state index in [-0.39, 0.29) is 24.5 Å². The molecule has 0 bridgehead atoms. The van der Waals surface area contributed by atoms with E-state index in [2.05, 4.69) is 15.6 Å². The van der Waals surface area contributed by atoms with Crippen molar-refractivity contribution in [2.75, 3.05) is 0 Å². The average Bonchev–Trinajstić information content (AvgIpc) is 3.02. The number of fused-ring (bicyclic) bond motifs is 1. The third kappa shape index (κ3) is 6.19. The normalized spacial score (nSPS) is 12.2. The first-order valence-corrected chi connectivity index (χ1v) is 11.6. The zero-order valence-corrected chi connectivity index (χ0v) is 19.6. The Bertz CT molecular complexity index is 1090. The molecule has 3 aromatic rings. The molecule has 1 atom stereocenters. The maximum absolute atomic E-state index is 13.2. The van der Waals surface area contributed by atoms with E-state index < -0.39 is 5.97 Å². The minimum absolute atomic E-state index is 0.00326. The van der Waals surface area contributed by atoms with E-state index in [9.17, 15) is 9.59 Å². The molecule has 5 nitrogen and oxygen atoms in total. The molecule has 0 aliphatic carbocycles. The second kappa shape index (κ2) is 11.3. The van der Waals surface area contributed by atoms with Crippen molar-refractivity contribution in [3.05, 3.63) is 64.6 Å². The Balaban J connectivity index is 1.63. The van der Waals surface area contributed by atoms with E-state index in [1.807, 2.05) is 38.2 Å². The van der Waals surface area contributed by atoms with Crippen LogP contribution < -0.4 is 0 Å². The van der Waals surface area contributed by atoms with Crippen molar-refractivity contribution in [1.82, 2.24) is 9.55 Å². The van der Waals surface area contributed by atoms with Crippen LogP contribution in [0, 0.1) is 5.92 Å². The molecule has 1 aromatic carbocycles. The molecule has 2 aromatic heterocycles. The predicted molar refractivity (Wildman–Crippen MR) is 128 cm³/mol. The summed E-state index contributed by atoms with van der Waals surface area (Å²) in [6.07, 6.45) is 9.87. The number of aliphatic carboxylic acids is 1. The Morgan fingerprint density at radius 3 is 2.56 bits per heavy atom. The topological polar surface area (TPSA) is 72.2 Å². The fourth-order valence-electron chi connectivity index (χ4n) is 4.40. The van der Waals surface area contributed by atoms with Crippen LogP contribution in [-0.2, 0) is 24.7 Å². The number of carbonyl (C=O) groups is 2. The molecule has 170 valence electrons. The molecule has 2 heterocycles. The van der Waals surface area contributed by atoms with Gasteiger partial charge >= 0.3 is 5.97 Å². The summed E-state index contributed by atoms with van der Waals surface area (Å²) in [5.41, 5.74) is 3.99. The van der Waals surface area contributed by atoms with Crippen LogP contribution in [0.1, 0.15) is 67.1 Å². The molecule has 0 saturated carbocycles. The van der Waals surface area contributed by atoms with Crippen molar-refractivity contribution < 1.29 is 14.7 Å². The van der Waals surface area contributed by atoms with Gasteiger partial charge in [0.25, 0.3) is 0 Å². The van der Waals surface area contributed by atoms with Crippen molar-refractivity contribution in [3.63, 3.8) is 0 Å². The van der Waals surface area contributed by atoms with Crippen LogP contribution in [0.5, 0.6) is 0 Å². The Morgan fingerprint density at radius 1 is 1.09 bits per heavy atom. The smallest absolute Gasteiger partial charge is 0.303 e. The van der Waals surface area contributed by atoms with E-state index in [1.165, 1.54) is 5.56 Å². The lowest BCUT2D eigenvalue weighted by Gasteiger charge is -2.11. The van der Waals surface area contributed by atoms with Gasteiger partial charge in [-0.25, -0.2) is 0 Å². The molecule has 0 saturated heterocycles. The third-order valence-corrected chi connectivity index (χ3v) is 6.21. The molecule has 1 unspecified atom stereocenters. The first kappa shape index (κ1) is 24.0. The zero-order chi connectivity index (χ0) is 23.1. The fourth-order valence-corrected chi connectivity index (χ4v) is 4.61. The molecule has 0 aliphatic rings. The maximum atomic E-state index is 13.2. The number of unbranched alkanes of at least 4 members (excludes halogenated alkanes) is 3. The molecule has 32 heavy (non-hydrogen) atoms. The lowest BCUT2D eigenvalue weighted by Crippen LogP contribution is -2.12. The van der Waals surface area contributed by atoms with E-state index >= 15 is 0 Å². The van der Waals surface area contributed by atoms with Crippen molar-refractivity contribution in [1.29, 1.82) is 0 Å². The van der Waals surface area contributed by atoms with Gasteiger partial charge in [-0.1, -0.05) is 43.5 Å². The summed E-state index contributed by atoms with van der Waals surface area (Å²) in [7, 11) is 1.99. The number of rotatable bonds is 12.